The van der Waals surface area contributed by atoms with Crippen LogP contribution in [0.5, 0.6) is 0 Å². The zero-order chi connectivity index (χ0) is 19.1. The summed E-state index contributed by atoms with van der Waals surface area (Å²) in [5, 5.41) is 0. The van der Waals surface area contributed by atoms with Gasteiger partial charge in [0.1, 0.15) is 11.6 Å². The van der Waals surface area contributed by atoms with Crippen LogP contribution in [0.1, 0.15) is 21.7 Å². The van der Waals surface area contributed by atoms with Crippen molar-refractivity contribution in [1.29, 1.82) is 0 Å². The summed E-state index contributed by atoms with van der Waals surface area (Å²) in [7, 11) is 0. The van der Waals surface area contributed by atoms with E-state index in [0.29, 0.717) is 12.1 Å². The van der Waals surface area contributed by atoms with Crippen LogP contribution >= 0.6 is 0 Å². The normalized spacial score (nSPS) is 13.5. The fourth-order valence-corrected chi connectivity index (χ4v) is 3.52. The Balaban J connectivity index is 1.42. The van der Waals surface area contributed by atoms with Gasteiger partial charge in [-0.05, 0) is 24.3 Å². The van der Waals surface area contributed by atoms with Crippen LogP contribution < -0.4 is 10.6 Å². The molecule has 0 unspecified atom stereocenters. The second kappa shape index (κ2) is 6.45. The third-order valence-electron chi connectivity index (χ3n) is 5.03. The van der Waals surface area contributed by atoms with E-state index in [0.717, 1.165) is 52.6 Å². The molecule has 1 aliphatic rings. The molecule has 138 valence electrons. The van der Waals surface area contributed by atoms with E-state index in [-0.39, 0.29) is 0 Å². The largest absolute Gasteiger partial charge is 0.366 e. The number of hydrogen-bond donors (Lipinski definition) is 2. The minimum atomic E-state index is -0.433. The molecule has 2 aromatic carbocycles. The zero-order valence-corrected chi connectivity index (χ0v) is 15.1. The number of aromatic amines is 1. The number of H-pyrrole nitrogens is 1. The molecule has 7 heteroatoms. The number of anilines is 1. The predicted molar refractivity (Wildman–Crippen MR) is 107 cm³/mol. The van der Waals surface area contributed by atoms with Gasteiger partial charge in [-0.1, -0.05) is 24.3 Å². The maximum Gasteiger partial charge on any atom is 0.248 e. The fourth-order valence-electron chi connectivity index (χ4n) is 3.52. The Morgan fingerprint density at radius 3 is 2.61 bits per heavy atom. The van der Waals surface area contributed by atoms with Crippen molar-refractivity contribution in [3.63, 3.8) is 0 Å². The quantitative estimate of drug-likeness (QED) is 0.577. The van der Waals surface area contributed by atoms with Crippen LogP contribution in [0.25, 0.3) is 22.4 Å². The third kappa shape index (κ3) is 2.87. The maximum absolute atomic E-state index is 11.2. The van der Waals surface area contributed by atoms with E-state index >= 15 is 0 Å². The number of benzene rings is 2. The molecule has 0 atom stereocenters. The average Bonchev–Trinajstić information content (AvgIpc) is 3.17. The summed E-state index contributed by atoms with van der Waals surface area (Å²) in [5.41, 5.74) is 10.7. The van der Waals surface area contributed by atoms with E-state index in [1.807, 2.05) is 42.6 Å². The number of aromatic nitrogens is 4. The number of imidazole rings is 1. The predicted octanol–water partition coefficient (Wildman–Crippen LogP) is 2.68. The number of rotatable bonds is 3. The summed E-state index contributed by atoms with van der Waals surface area (Å²) >= 11 is 0. The SMILES string of the molecule is NC(=O)c1ccc(-c2nc3c([nH]2)CN(c2cnc4ccccc4n2)CC3)cc1. The molecule has 5 rings (SSSR count). The van der Waals surface area contributed by atoms with Crippen molar-refractivity contribution >= 4 is 22.8 Å². The highest BCUT2D eigenvalue weighted by atomic mass is 16.1. The summed E-state index contributed by atoms with van der Waals surface area (Å²) in [6.45, 7) is 1.54. The molecule has 0 spiro atoms. The lowest BCUT2D eigenvalue weighted by Crippen LogP contribution is -2.31. The summed E-state index contributed by atoms with van der Waals surface area (Å²) in [6.07, 6.45) is 2.66. The zero-order valence-electron chi connectivity index (χ0n) is 15.1. The van der Waals surface area contributed by atoms with Gasteiger partial charge in [0.05, 0.1) is 35.2 Å². The Kier molecular flexibility index (Phi) is 3.79. The lowest BCUT2D eigenvalue weighted by Gasteiger charge is -2.27. The lowest BCUT2D eigenvalue weighted by molar-refractivity contribution is 0.100. The number of nitrogens with two attached hydrogens (primary N) is 1. The van der Waals surface area contributed by atoms with Crippen molar-refractivity contribution in [2.75, 3.05) is 11.4 Å². The molecular formula is C21H18N6O. The molecule has 1 aliphatic heterocycles. The Morgan fingerprint density at radius 1 is 1.04 bits per heavy atom. The maximum atomic E-state index is 11.2. The van der Waals surface area contributed by atoms with Crippen molar-refractivity contribution < 1.29 is 4.79 Å². The number of amides is 1. The van der Waals surface area contributed by atoms with Gasteiger partial charge in [-0.3, -0.25) is 9.78 Å². The standard InChI is InChI=1S/C21H18N6O/c22-20(28)13-5-7-14(8-6-13)21-25-17-9-10-27(12-18(17)26-21)19-11-23-15-3-1-2-4-16(15)24-19/h1-8,11H,9-10,12H2,(H2,22,28)(H,25,26). The van der Waals surface area contributed by atoms with Gasteiger partial charge in [0, 0.05) is 24.1 Å². The van der Waals surface area contributed by atoms with Crippen LogP contribution in [-0.2, 0) is 13.0 Å². The number of nitrogens with zero attached hydrogens (tertiary/aromatic N) is 4. The second-order valence-corrected chi connectivity index (χ2v) is 6.84. The molecule has 7 nitrogen and oxygen atoms in total. The molecule has 4 aromatic rings. The number of carbonyl (C=O) groups excluding carboxylic acids is 1. The first-order valence-electron chi connectivity index (χ1n) is 9.12. The van der Waals surface area contributed by atoms with Gasteiger partial charge < -0.3 is 15.6 Å². The van der Waals surface area contributed by atoms with Gasteiger partial charge in [0.15, 0.2) is 0 Å². The highest BCUT2D eigenvalue weighted by Crippen LogP contribution is 2.26. The summed E-state index contributed by atoms with van der Waals surface area (Å²) in [4.78, 5) is 30.9. The molecule has 0 aliphatic carbocycles. The molecule has 1 amide bonds. The van der Waals surface area contributed by atoms with Gasteiger partial charge in [0.25, 0.3) is 0 Å². The molecule has 0 fully saturated rings. The van der Waals surface area contributed by atoms with Crippen LogP contribution in [-0.4, -0.2) is 32.4 Å². The molecule has 28 heavy (non-hydrogen) atoms. The first-order valence-corrected chi connectivity index (χ1v) is 9.12. The Morgan fingerprint density at radius 2 is 1.82 bits per heavy atom. The second-order valence-electron chi connectivity index (χ2n) is 6.84. The first kappa shape index (κ1) is 16.4. The van der Waals surface area contributed by atoms with E-state index in [1.54, 1.807) is 12.1 Å². The Bertz CT molecular complexity index is 1180. The van der Waals surface area contributed by atoms with E-state index in [4.69, 9.17) is 15.7 Å². The van der Waals surface area contributed by atoms with Crippen LogP contribution in [0.4, 0.5) is 5.82 Å². The van der Waals surface area contributed by atoms with E-state index in [2.05, 4.69) is 14.9 Å². The van der Waals surface area contributed by atoms with Crippen molar-refractivity contribution in [2.24, 2.45) is 5.73 Å². The van der Waals surface area contributed by atoms with E-state index in [1.165, 1.54) is 0 Å². The van der Waals surface area contributed by atoms with Gasteiger partial charge in [-0.25, -0.2) is 9.97 Å². The number of fused-ring (bicyclic) bond motifs is 2. The van der Waals surface area contributed by atoms with Gasteiger partial charge in [-0.15, -0.1) is 0 Å². The molecule has 0 bridgehead atoms. The third-order valence-corrected chi connectivity index (χ3v) is 5.03. The number of carbonyl (C=O) groups is 1. The number of hydrogen-bond acceptors (Lipinski definition) is 5. The minimum absolute atomic E-state index is 0.433. The molecule has 0 radical (unpaired) electrons. The van der Waals surface area contributed by atoms with E-state index in [9.17, 15) is 4.79 Å². The number of para-hydroxylation sites is 2. The van der Waals surface area contributed by atoms with Crippen molar-refractivity contribution in [2.45, 2.75) is 13.0 Å². The number of primary amides is 1. The van der Waals surface area contributed by atoms with Crippen molar-refractivity contribution in [3.8, 4) is 11.4 Å². The molecule has 3 N–H and O–H groups in total. The van der Waals surface area contributed by atoms with Crippen molar-refractivity contribution in [3.05, 3.63) is 71.7 Å². The van der Waals surface area contributed by atoms with Crippen LogP contribution in [0.3, 0.4) is 0 Å². The first-order chi connectivity index (χ1) is 13.7. The number of nitrogens with one attached hydrogen (secondary N) is 1. The summed E-state index contributed by atoms with van der Waals surface area (Å²) in [5.74, 6) is 1.23. The Labute approximate surface area is 161 Å². The average molecular weight is 370 g/mol. The van der Waals surface area contributed by atoms with Gasteiger partial charge in [-0.2, -0.15) is 0 Å². The molecule has 0 saturated heterocycles. The molecule has 2 aromatic heterocycles. The van der Waals surface area contributed by atoms with Crippen LogP contribution in [0, 0.1) is 0 Å². The highest BCUT2D eigenvalue weighted by Gasteiger charge is 2.22. The van der Waals surface area contributed by atoms with Gasteiger partial charge in [0.2, 0.25) is 5.91 Å². The smallest absolute Gasteiger partial charge is 0.248 e. The fraction of sp³-hybridized carbons (Fsp3) is 0.143. The molecular weight excluding hydrogens is 352 g/mol. The summed E-state index contributed by atoms with van der Waals surface area (Å²) < 4.78 is 0. The van der Waals surface area contributed by atoms with Gasteiger partial charge >= 0.3 is 0 Å². The minimum Gasteiger partial charge on any atom is -0.366 e. The topological polar surface area (TPSA) is 101 Å². The summed E-state index contributed by atoms with van der Waals surface area (Å²) in [6, 6.07) is 15.0. The molecule has 3 heterocycles. The Hall–Kier alpha value is -3.74. The van der Waals surface area contributed by atoms with Crippen LogP contribution in [0.15, 0.2) is 54.7 Å². The monoisotopic (exact) mass is 370 g/mol. The van der Waals surface area contributed by atoms with Crippen molar-refractivity contribution in [1.82, 2.24) is 19.9 Å². The lowest BCUT2D eigenvalue weighted by atomic mass is 10.1. The van der Waals surface area contributed by atoms with E-state index < -0.39 is 5.91 Å². The molecule has 0 saturated carbocycles. The highest BCUT2D eigenvalue weighted by molar-refractivity contribution is 5.93. The van der Waals surface area contributed by atoms with Crippen LogP contribution in [0.2, 0.25) is 0 Å².